The van der Waals surface area contributed by atoms with Crippen LogP contribution in [0.5, 0.6) is 0 Å². The molecule has 0 saturated carbocycles. The number of rotatable bonds is 5. The van der Waals surface area contributed by atoms with Crippen LogP contribution in [0.1, 0.15) is 35.5 Å². The smallest absolute Gasteiger partial charge is 0.273 e. The van der Waals surface area contributed by atoms with Gasteiger partial charge in [0.15, 0.2) is 11.5 Å². The number of amides is 1. The van der Waals surface area contributed by atoms with E-state index < -0.39 is 0 Å². The average molecular weight is 339 g/mol. The van der Waals surface area contributed by atoms with Crippen LogP contribution in [0, 0.1) is 5.92 Å². The first-order valence-corrected chi connectivity index (χ1v) is 8.71. The maximum absolute atomic E-state index is 12.4. The zero-order valence-corrected chi connectivity index (χ0v) is 14.8. The summed E-state index contributed by atoms with van der Waals surface area (Å²) in [6.07, 6.45) is 4.01. The molecule has 0 saturated heterocycles. The van der Waals surface area contributed by atoms with Gasteiger partial charge in [-0.3, -0.25) is 9.69 Å². The molecule has 6 heteroatoms. The van der Waals surface area contributed by atoms with Crippen LogP contribution in [0.3, 0.4) is 0 Å². The fraction of sp³-hybridized carbons (Fsp3) is 0.421. The largest absolute Gasteiger partial charge is 0.382 e. The highest BCUT2D eigenvalue weighted by atomic mass is 16.1. The van der Waals surface area contributed by atoms with Crippen molar-refractivity contribution in [2.45, 2.75) is 32.9 Å². The monoisotopic (exact) mass is 339 g/mol. The van der Waals surface area contributed by atoms with Crippen molar-refractivity contribution in [1.29, 1.82) is 0 Å². The Morgan fingerprint density at radius 2 is 1.96 bits per heavy atom. The van der Waals surface area contributed by atoms with Crippen molar-refractivity contribution in [2.24, 2.45) is 5.92 Å². The van der Waals surface area contributed by atoms with Crippen molar-refractivity contribution < 1.29 is 4.79 Å². The molecule has 132 valence electrons. The summed E-state index contributed by atoms with van der Waals surface area (Å²) in [6, 6.07) is 8.84. The highest BCUT2D eigenvalue weighted by Crippen LogP contribution is 2.22. The molecule has 2 aromatic rings. The van der Waals surface area contributed by atoms with Crippen LogP contribution in [-0.4, -0.2) is 39.9 Å². The van der Waals surface area contributed by atoms with Gasteiger partial charge in [-0.1, -0.05) is 38.1 Å². The maximum atomic E-state index is 12.4. The highest BCUT2D eigenvalue weighted by molar-refractivity contribution is 5.96. The Morgan fingerprint density at radius 3 is 2.68 bits per heavy atom. The minimum atomic E-state index is -0.270. The number of hydrogen-bond acceptors (Lipinski definition) is 5. The Kier molecular flexibility index (Phi) is 5.28. The number of hydrogen-bond donors (Lipinski definition) is 2. The summed E-state index contributed by atoms with van der Waals surface area (Å²) < 4.78 is 0. The molecule has 0 radical (unpaired) electrons. The van der Waals surface area contributed by atoms with Crippen LogP contribution in [-0.2, 0) is 13.0 Å². The van der Waals surface area contributed by atoms with Crippen molar-refractivity contribution in [3.8, 4) is 0 Å². The maximum Gasteiger partial charge on any atom is 0.273 e. The van der Waals surface area contributed by atoms with Gasteiger partial charge in [0.2, 0.25) is 0 Å². The van der Waals surface area contributed by atoms with Crippen molar-refractivity contribution in [2.75, 3.05) is 18.8 Å². The molecule has 1 aliphatic heterocycles. The number of aromatic nitrogens is 2. The fourth-order valence-corrected chi connectivity index (χ4v) is 3.39. The van der Waals surface area contributed by atoms with Gasteiger partial charge in [0.25, 0.3) is 5.91 Å². The molecule has 3 rings (SSSR count). The van der Waals surface area contributed by atoms with E-state index in [1.54, 1.807) is 0 Å². The molecule has 1 aromatic carbocycles. The van der Waals surface area contributed by atoms with Gasteiger partial charge in [-0.15, -0.1) is 0 Å². The minimum Gasteiger partial charge on any atom is -0.382 e. The van der Waals surface area contributed by atoms with Gasteiger partial charge in [-0.2, -0.15) is 0 Å². The van der Waals surface area contributed by atoms with E-state index in [1.807, 2.05) is 0 Å². The predicted molar refractivity (Wildman–Crippen MR) is 98.0 cm³/mol. The van der Waals surface area contributed by atoms with Crippen molar-refractivity contribution >= 4 is 11.7 Å². The summed E-state index contributed by atoms with van der Waals surface area (Å²) in [5.41, 5.74) is 8.73. The van der Waals surface area contributed by atoms with Crippen LogP contribution >= 0.6 is 0 Å². The third-order valence-electron chi connectivity index (χ3n) is 4.81. The number of carbonyl (C=O) groups excluding carboxylic acids is 1. The van der Waals surface area contributed by atoms with E-state index in [0.717, 1.165) is 19.5 Å². The first-order valence-electron chi connectivity index (χ1n) is 8.71. The van der Waals surface area contributed by atoms with Gasteiger partial charge in [0.1, 0.15) is 0 Å². The van der Waals surface area contributed by atoms with E-state index >= 15 is 0 Å². The minimum absolute atomic E-state index is 0.160. The second-order valence-electron chi connectivity index (χ2n) is 6.80. The second kappa shape index (κ2) is 7.61. The molecule has 0 aliphatic carbocycles. The summed E-state index contributed by atoms with van der Waals surface area (Å²) in [6.45, 7) is 6.86. The molecule has 1 aliphatic rings. The predicted octanol–water partition coefficient (Wildman–Crippen LogP) is 1.87. The third-order valence-corrected chi connectivity index (χ3v) is 4.81. The van der Waals surface area contributed by atoms with E-state index in [4.69, 9.17) is 5.73 Å². The number of fused-ring (bicyclic) bond motifs is 1. The molecule has 0 fully saturated rings. The molecule has 1 atom stereocenters. The summed E-state index contributed by atoms with van der Waals surface area (Å²) in [7, 11) is 0. The van der Waals surface area contributed by atoms with Gasteiger partial charge in [0, 0.05) is 38.1 Å². The molecule has 2 heterocycles. The number of benzene rings is 1. The Balaban J connectivity index is 1.66. The Morgan fingerprint density at radius 1 is 1.24 bits per heavy atom. The van der Waals surface area contributed by atoms with Crippen LogP contribution < -0.4 is 11.1 Å². The first-order chi connectivity index (χ1) is 12.1. The molecule has 1 aromatic heterocycles. The molecule has 25 heavy (non-hydrogen) atoms. The zero-order valence-electron chi connectivity index (χ0n) is 14.8. The van der Waals surface area contributed by atoms with Gasteiger partial charge < -0.3 is 11.1 Å². The van der Waals surface area contributed by atoms with Gasteiger partial charge in [-0.25, -0.2) is 9.97 Å². The average Bonchev–Trinajstić information content (AvgIpc) is 2.61. The lowest BCUT2D eigenvalue weighted by atomic mass is 9.95. The standard InChI is InChI=1S/C19H25N5O/c1-13(2)16(11-23-19(25)17-18(20)22-9-8-21-17)24-10-7-14-5-3-4-6-15(14)12-24/h3-6,8-9,13,16H,7,10-12H2,1-2H3,(H2,20,22)(H,23,25)/t16-/m1/s1. The first kappa shape index (κ1) is 17.4. The zero-order chi connectivity index (χ0) is 17.8. The molecule has 6 nitrogen and oxygen atoms in total. The number of anilines is 1. The number of nitrogens with one attached hydrogen (secondary N) is 1. The quantitative estimate of drug-likeness (QED) is 0.869. The summed E-state index contributed by atoms with van der Waals surface area (Å²) in [5, 5.41) is 2.98. The van der Waals surface area contributed by atoms with E-state index in [0.29, 0.717) is 12.5 Å². The lowest BCUT2D eigenvalue weighted by Crippen LogP contribution is -2.48. The van der Waals surface area contributed by atoms with Crippen LogP contribution in [0.25, 0.3) is 0 Å². The van der Waals surface area contributed by atoms with Gasteiger partial charge >= 0.3 is 0 Å². The lowest BCUT2D eigenvalue weighted by Gasteiger charge is -2.38. The normalized spacial score (nSPS) is 15.6. The van der Waals surface area contributed by atoms with Crippen molar-refractivity contribution in [3.63, 3.8) is 0 Å². The molecule has 3 N–H and O–H groups in total. The fourth-order valence-electron chi connectivity index (χ4n) is 3.39. The number of carbonyl (C=O) groups is 1. The topological polar surface area (TPSA) is 84.1 Å². The Hall–Kier alpha value is -2.47. The van der Waals surface area contributed by atoms with Crippen molar-refractivity contribution in [1.82, 2.24) is 20.2 Å². The highest BCUT2D eigenvalue weighted by Gasteiger charge is 2.26. The Labute approximate surface area is 148 Å². The lowest BCUT2D eigenvalue weighted by molar-refractivity contribution is 0.0900. The molecule has 0 spiro atoms. The van der Waals surface area contributed by atoms with Crippen LogP contribution in [0.2, 0.25) is 0 Å². The van der Waals surface area contributed by atoms with E-state index in [2.05, 4.69) is 58.3 Å². The number of nitrogens with two attached hydrogens (primary N) is 1. The SMILES string of the molecule is CC(C)[C@@H](CNC(=O)c1nccnc1N)N1CCc2ccccc2C1. The number of nitrogen functional groups attached to an aromatic ring is 1. The third kappa shape index (κ3) is 3.96. The van der Waals surface area contributed by atoms with E-state index in [-0.39, 0.29) is 23.5 Å². The molecular weight excluding hydrogens is 314 g/mol. The summed E-state index contributed by atoms with van der Waals surface area (Å²) in [4.78, 5) is 22.8. The van der Waals surface area contributed by atoms with E-state index in [9.17, 15) is 4.79 Å². The second-order valence-corrected chi connectivity index (χ2v) is 6.80. The van der Waals surface area contributed by atoms with E-state index in [1.165, 1.54) is 23.5 Å². The molecule has 1 amide bonds. The molecular formula is C19H25N5O. The number of nitrogens with zero attached hydrogens (tertiary/aromatic N) is 3. The summed E-state index contributed by atoms with van der Waals surface area (Å²) in [5.74, 6) is 0.312. The van der Waals surface area contributed by atoms with Gasteiger partial charge in [0.05, 0.1) is 0 Å². The molecule has 0 bridgehead atoms. The Bertz CT molecular complexity index is 746. The van der Waals surface area contributed by atoms with Gasteiger partial charge in [-0.05, 0) is 23.5 Å². The van der Waals surface area contributed by atoms with Crippen LogP contribution in [0.4, 0.5) is 5.82 Å². The summed E-state index contributed by atoms with van der Waals surface area (Å²) >= 11 is 0. The molecule has 0 unspecified atom stereocenters. The van der Waals surface area contributed by atoms with Crippen molar-refractivity contribution in [3.05, 3.63) is 53.5 Å². The van der Waals surface area contributed by atoms with Crippen LogP contribution in [0.15, 0.2) is 36.7 Å².